The van der Waals surface area contributed by atoms with Crippen molar-refractivity contribution in [3.63, 3.8) is 0 Å². The molecule has 0 fully saturated rings. The number of aromatic nitrogens is 1. The number of fused-ring (bicyclic) bond motifs is 1. The first-order valence-electron chi connectivity index (χ1n) is 10.0. The maximum atomic E-state index is 12.8. The molecule has 1 atom stereocenters. The van der Waals surface area contributed by atoms with Gasteiger partial charge in [-0.25, -0.2) is 4.79 Å². The molecule has 0 aliphatic heterocycles. The Balaban J connectivity index is 1.74. The molecule has 28 heavy (non-hydrogen) atoms. The number of nitrogens with one attached hydrogen (secondary N) is 1. The molecule has 1 heterocycles. The molecule has 2 aromatic rings. The van der Waals surface area contributed by atoms with Crippen molar-refractivity contribution in [2.45, 2.75) is 59.0 Å². The van der Waals surface area contributed by atoms with Crippen LogP contribution in [0.25, 0.3) is 0 Å². The summed E-state index contributed by atoms with van der Waals surface area (Å²) < 4.78 is 10.7. The van der Waals surface area contributed by atoms with Crippen LogP contribution in [0.15, 0.2) is 24.3 Å². The van der Waals surface area contributed by atoms with Crippen molar-refractivity contribution in [1.82, 2.24) is 4.98 Å². The van der Waals surface area contributed by atoms with Gasteiger partial charge in [-0.05, 0) is 56.2 Å². The molecule has 0 saturated heterocycles. The monoisotopic (exact) mass is 383 g/mol. The van der Waals surface area contributed by atoms with Crippen LogP contribution in [0, 0.1) is 6.92 Å². The Morgan fingerprint density at radius 1 is 1.18 bits per heavy atom. The molecule has 1 N–H and O–H groups in total. The van der Waals surface area contributed by atoms with Gasteiger partial charge in [0, 0.05) is 17.7 Å². The van der Waals surface area contributed by atoms with Crippen LogP contribution in [0.4, 0.5) is 0 Å². The number of H-pyrrole nitrogens is 1. The van der Waals surface area contributed by atoms with Crippen LogP contribution in [0.1, 0.15) is 76.3 Å². The molecule has 1 aromatic heterocycles. The van der Waals surface area contributed by atoms with Crippen LogP contribution in [0.5, 0.6) is 0 Å². The fourth-order valence-corrected chi connectivity index (χ4v) is 3.79. The van der Waals surface area contributed by atoms with Crippen LogP contribution < -0.4 is 0 Å². The molecule has 1 aromatic carbocycles. The number of aryl methyl sites for hydroxylation is 1. The highest BCUT2D eigenvalue weighted by molar-refractivity contribution is 6.03. The van der Waals surface area contributed by atoms with Crippen molar-refractivity contribution < 1.29 is 19.1 Å². The number of carbonyl (C=O) groups is 2. The predicted octanol–water partition coefficient (Wildman–Crippen LogP) is 4.38. The van der Waals surface area contributed by atoms with Crippen molar-refractivity contribution in [1.29, 1.82) is 0 Å². The first kappa shape index (κ1) is 20.3. The van der Waals surface area contributed by atoms with Gasteiger partial charge in [-0.2, -0.15) is 0 Å². The molecule has 150 valence electrons. The predicted molar refractivity (Wildman–Crippen MR) is 108 cm³/mol. The summed E-state index contributed by atoms with van der Waals surface area (Å²) in [5, 5.41) is 0. The topological polar surface area (TPSA) is 68.4 Å². The Hall–Kier alpha value is -2.40. The summed E-state index contributed by atoms with van der Waals surface area (Å²) in [5.41, 5.74) is 5.02. The Morgan fingerprint density at radius 3 is 2.54 bits per heavy atom. The van der Waals surface area contributed by atoms with Gasteiger partial charge in [-0.15, -0.1) is 0 Å². The van der Waals surface area contributed by atoms with Gasteiger partial charge in [0.25, 0.3) is 0 Å². The fourth-order valence-electron chi connectivity index (χ4n) is 3.79. The lowest BCUT2D eigenvalue weighted by Gasteiger charge is -2.22. The Morgan fingerprint density at radius 2 is 1.89 bits per heavy atom. The lowest BCUT2D eigenvalue weighted by Crippen LogP contribution is -2.18. The Labute approximate surface area is 166 Å². The molecule has 5 heteroatoms. The molecular weight excluding hydrogens is 354 g/mol. The van der Waals surface area contributed by atoms with Gasteiger partial charge >= 0.3 is 5.97 Å². The molecule has 0 bridgehead atoms. The smallest absolute Gasteiger partial charge is 0.355 e. The van der Waals surface area contributed by atoms with Gasteiger partial charge < -0.3 is 14.5 Å². The van der Waals surface area contributed by atoms with E-state index in [1.165, 1.54) is 11.1 Å². The van der Waals surface area contributed by atoms with Gasteiger partial charge in [0.2, 0.25) is 0 Å². The number of rotatable bonds is 7. The van der Waals surface area contributed by atoms with Crippen molar-refractivity contribution >= 4 is 11.8 Å². The van der Waals surface area contributed by atoms with Crippen LogP contribution in [0.3, 0.4) is 0 Å². The van der Waals surface area contributed by atoms with Crippen molar-refractivity contribution in [3.8, 4) is 0 Å². The van der Waals surface area contributed by atoms with E-state index in [9.17, 15) is 9.59 Å². The highest BCUT2D eigenvalue weighted by Crippen LogP contribution is 2.35. The summed E-state index contributed by atoms with van der Waals surface area (Å²) in [7, 11) is 0. The quantitative estimate of drug-likeness (QED) is 0.569. The average Bonchev–Trinajstić information content (AvgIpc) is 3.02. The average molecular weight is 383 g/mol. The van der Waals surface area contributed by atoms with Crippen molar-refractivity contribution in [3.05, 3.63) is 57.9 Å². The number of carbonyl (C=O) groups excluding carboxylic acids is 2. The van der Waals surface area contributed by atoms with Gasteiger partial charge in [0.1, 0.15) is 12.3 Å². The summed E-state index contributed by atoms with van der Waals surface area (Å²) in [4.78, 5) is 28.4. The van der Waals surface area contributed by atoms with E-state index in [4.69, 9.17) is 9.47 Å². The minimum absolute atomic E-state index is 0.0850. The van der Waals surface area contributed by atoms with E-state index in [0.717, 1.165) is 18.5 Å². The summed E-state index contributed by atoms with van der Waals surface area (Å²) >= 11 is 0. The molecule has 0 saturated carbocycles. The number of ketones is 1. The molecule has 5 nitrogen and oxygen atoms in total. The van der Waals surface area contributed by atoms with Crippen LogP contribution in [-0.2, 0) is 22.3 Å². The Kier molecular flexibility index (Phi) is 6.35. The molecule has 0 amide bonds. The van der Waals surface area contributed by atoms with Gasteiger partial charge in [0.05, 0.1) is 12.7 Å². The molecular formula is C23H29NO4. The molecule has 1 aliphatic rings. The van der Waals surface area contributed by atoms with Crippen molar-refractivity contribution in [2.75, 3.05) is 13.2 Å². The third kappa shape index (κ3) is 4.36. The largest absolute Gasteiger partial charge is 0.459 e. The third-order valence-corrected chi connectivity index (χ3v) is 5.32. The Bertz CT molecular complexity index is 848. The number of benzene rings is 1. The third-order valence-electron chi connectivity index (χ3n) is 5.32. The van der Waals surface area contributed by atoms with Crippen LogP contribution in [-0.4, -0.2) is 36.1 Å². The lowest BCUT2D eigenvalue weighted by molar-refractivity contribution is 0.0172. The van der Waals surface area contributed by atoms with Gasteiger partial charge in [-0.1, -0.05) is 31.2 Å². The molecule has 1 aliphatic carbocycles. The number of hydrogen-bond donors (Lipinski definition) is 1. The van der Waals surface area contributed by atoms with E-state index >= 15 is 0 Å². The molecule has 0 spiro atoms. The van der Waals surface area contributed by atoms with E-state index in [1.54, 1.807) is 0 Å². The second-order valence-electron chi connectivity index (χ2n) is 7.66. The van der Waals surface area contributed by atoms with Crippen molar-refractivity contribution in [2.24, 2.45) is 0 Å². The SMILES string of the molecule is CCc1ccc([C@H]2CC(=O)c3c([nH]c(C(=O)OCCOC(C)C)c3C)C2)cc1. The first-order valence-corrected chi connectivity index (χ1v) is 10.0. The summed E-state index contributed by atoms with van der Waals surface area (Å²) in [6.45, 7) is 8.36. The van der Waals surface area contributed by atoms with E-state index in [-0.39, 0.29) is 24.4 Å². The number of aromatic amines is 1. The lowest BCUT2D eigenvalue weighted by atomic mass is 9.81. The van der Waals surface area contributed by atoms with Crippen LogP contribution in [0.2, 0.25) is 0 Å². The highest BCUT2D eigenvalue weighted by atomic mass is 16.6. The molecule has 3 rings (SSSR count). The highest BCUT2D eigenvalue weighted by Gasteiger charge is 2.32. The normalized spacial score (nSPS) is 16.3. The maximum Gasteiger partial charge on any atom is 0.355 e. The van der Waals surface area contributed by atoms with E-state index < -0.39 is 5.97 Å². The minimum Gasteiger partial charge on any atom is -0.459 e. The minimum atomic E-state index is -0.434. The van der Waals surface area contributed by atoms with E-state index in [0.29, 0.717) is 29.8 Å². The summed E-state index contributed by atoms with van der Waals surface area (Å²) in [5.74, 6) is -0.218. The second kappa shape index (κ2) is 8.74. The molecule has 0 radical (unpaired) electrons. The standard InChI is InChI=1S/C23H29NO4/c1-5-16-6-8-17(9-7-16)18-12-19-21(20(25)13-18)15(4)22(24-19)23(26)28-11-10-27-14(2)3/h6-9,14,18,24H,5,10-13H2,1-4H3/t18-/m1/s1. The summed E-state index contributed by atoms with van der Waals surface area (Å²) in [6, 6.07) is 8.47. The van der Waals surface area contributed by atoms with E-state index in [2.05, 4.69) is 36.2 Å². The van der Waals surface area contributed by atoms with Gasteiger partial charge in [0.15, 0.2) is 5.78 Å². The van der Waals surface area contributed by atoms with Gasteiger partial charge in [-0.3, -0.25) is 4.79 Å². The number of hydrogen-bond acceptors (Lipinski definition) is 4. The second-order valence-corrected chi connectivity index (χ2v) is 7.66. The first-order chi connectivity index (χ1) is 13.4. The number of esters is 1. The fraction of sp³-hybridized carbons (Fsp3) is 0.478. The van der Waals surface area contributed by atoms with Crippen LogP contribution >= 0.6 is 0 Å². The number of Topliss-reactive ketones (excluding diaryl/α,β-unsaturated/α-hetero) is 1. The molecule has 0 unspecified atom stereocenters. The maximum absolute atomic E-state index is 12.8. The zero-order valence-electron chi connectivity index (χ0n) is 17.1. The van der Waals surface area contributed by atoms with E-state index in [1.807, 2.05) is 20.8 Å². The zero-order chi connectivity index (χ0) is 20.3. The number of ether oxygens (including phenoxy) is 2. The summed E-state index contributed by atoms with van der Waals surface area (Å²) in [6.07, 6.45) is 2.28. The zero-order valence-corrected chi connectivity index (χ0v) is 17.1.